The number of carbonyl (C=O) groups is 1. The first-order valence-corrected chi connectivity index (χ1v) is 3.65. The van der Waals surface area contributed by atoms with Gasteiger partial charge in [0.25, 0.3) is 5.91 Å². The lowest BCUT2D eigenvalue weighted by Crippen LogP contribution is -2.11. The number of imidazole rings is 1. The summed E-state index contributed by atoms with van der Waals surface area (Å²) < 4.78 is 6.55. The third-order valence-electron chi connectivity index (χ3n) is 1.61. The van der Waals surface area contributed by atoms with Crippen LogP contribution in [0, 0.1) is 0 Å². The fourth-order valence-corrected chi connectivity index (χ4v) is 1.02. The van der Waals surface area contributed by atoms with Gasteiger partial charge in [-0.1, -0.05) is 0 Å². The lowest BCUT2D eigenvalue weighted by atomic mass is 10.5. The molecule has 1 aromatic heterocycles. The van der Waals surface area contributed by atoms with Gasteiger partial charge in [0.15, 0.2) is 0 Å². The molecule has 1 aliphatic rings. The monoisotopic (exact) mass is 177 g/mol. The highest BCUT2D eigenvalue weighted by Gasteiger charge is 2.08. The van der Waals surface area contributed by atoms with Gasteiger partial charge in [-0.15, -0.1) is 0 Å². The summed E-state index contributed by atoms with van der Waals surface area (Å²) in [5.74, 6) is 0.0749. The van der Waals surface area contributed by atoms with Crippen molar-refractivity contribution in [2.75, 3.05) is 0 Å². The van der Waals surface area contributed by atoms with Crippen LogP contribution in [0.25, 0.3) is 12.3 Å². The van der Waals surface area contributed by atoms with Crippen LogP contribution < -0.4 is 5.73 Å². The van der Waals surface area contributed by atoms with Gasteiger partial charge >= 0.3 is 0 Å². The van der Waals surface area contributed by atoms with Gasteiger partial charge in [-0.25, -0.2) is 4.98 Å². The van der Waals surface area contributed by atoms with E-state index in [0.717, 1.165) is 0 Å². The molecule has 1 aliphatic heterocycles. The first kappa shape index (κ1) is 7.60. The van der Waals surface area contributed by atoms with Crippen molar-refractivity contribution in [3.63, 3.8) is 0 Å². The molecule has 5 nitrogen and oxygen atoms in total. The van der Waals surface area contributed by atoms with Crippen LogP contribution in [0.5, 0.6) is 0 Å². The van der Waals surface area contributed by atoms with Crippen molar-refractivity contribution in [1.29, 1.82) is 0 Å². The fourth-order valence-electron chi connectivity index (χ4n) is 1.02. The van der Waals surface area contributed by atoms with Crippen LogP contribution in [0.4, 0.5) is 0 Å². The van der Waals surface area contributed by atoms with E-state index in [2.05, 4.69) is 4.98 Å². The Labute approximate surface area is 74.1 Å². The van der Waals surface area contributed by atoms with Crippen molar-refractivity contribution in [3.05, 3.63) is 30.2 Å². The number of fused-ring (bicyclic) bond motifs is 1. The molecule has 2 rings (SSSR count). The van der Waals surface area contributed by atoms with E-state index in [9.17, 15) is 4.79 Å². The zero-order valence-corrected chi connectivity index (χ0v) is 6.68. The van der Waals surface area contributed by atoms with Crippen LogP contribution in [0.15, 0.2) is 18.7 Å². The van der Waals surface area contributed by atoms with Gasteiger partial charge in [0.05, 0.1) is 6.26 Å². The Morgan fingerprint density at radius 2 is 2.38 bits per heavy atom. The standard InChI is InChI=1S/C8H7N3O2/c9-8(12)6-5-11-2-4-13-3-1-7(11)10-6/h1-5H,(H2,9,12). The number of hydrogen-bond acceptors (Lipinski definition) is 3. The van der Waals surface area contributed by atoms with Crippen LogP contribution in [-0.4, -0.2) is 15.5 Å². The van der Waals surface area contributed by atoms with Crippen LogP contribution >= 0.6 is 0 Å². The molecule has 0 unspecified atom stereocenters. The first-order chi connectivity index (χ1) is 6.27. The molecule has 2 heterocycles. The van der Waals surface area contributed by atoms with Gasteiger partial charge in [-0.2, -0.15) is 0 Å². The molecular formula is C8H7N3O2. The second kappa shape index (κ2) is 2.78. The summed E-state index contributed by atoms with van der Waals surface area (Å²) in [6.45, 7) is 0. The van der Waals surface area contributed by atoms with Crippen molar-refractivity contribution >= 4 is 18.2 Å². The molecule has 0 bridgehead atoms. The lowest BCUT2D eigenvalue weighted by molar-refractivity contribution is 0.0996. The molecule has 2 N–H and O–H groups in total. The number of amides is 1. The Kier molecular flexibility index (Phi) is 1.63. The van der Waals surface area contributed by atoms with E-state index in [1.165, 1.54) is 12.5 Å². The number of carbonyl (C=O) groups excluding carboxylic acids is 1. The van der Waals surface area contributed by atoms with Crippen LogP contribution in [-0.2, 0) is 4.74 Å². The minimum atomic E-state index is -0.539. The third-order valence-corrected chi connectivity index (χ3v) is 1.61. The molecule has 1 amide bonds. The number of aromatic nitrogens is 2. The molecule has 0 aromatic carbocycles. The molecule has 13 heavy (non-hydrogen) atoms. The van der Waals surface area contributed by atoms with Crippen LogP contribution in [0.1, 0.15) is 16.3 Å². The van der Waals surface area contributed by atoms with Crippen LogP contribution in [0.3, 0.4) is 0 Å². The smallest absolute Gasteiger partial charge is 0.268 e. The number of nitrogens with two attached hydrogens (primary N) is 1. The topological polar surface area (TPSA) is 70.1 Å². The molecule has 0 fully saturated rings. The molecule has 5 heteroatoms. The van der Waals surface area contributed by atoms with Crippen molar-refractivity contribution < 1.29 is 9.53 Å². The van der Waals surface area contributed by atoms with E-state index < -0.39 is 5.91 Å². The lowest BCUT2D eigenvalue weighted by Gasteiger charge is -1.89. The Hall–Kier alpha value is -2.04. The second-order valence-electron chi connectivity index (χ2n) is 2.48. The van der Waals surface area contributed by atoms with Gasteiger partial charge in [0.2, 0.25) is 0 Å². The van der Waals surface area contributed by atoms with Crippen molar-refractivity contribution in [1.82, 2.24) is 9.55 Å². The van der Waals surface area contributed by atoms with Gasteiger partial charge in [-0.05, 0) is 0 Å². The highest BCUT2D eigenvalue weighted by molar-refractivity contribution is 5.91. The quantitative estimate of drug-likeness (QED) is 0.675. The van der Waals surface area contributed by atoms with E-state index in [4.69, 9.17) is 10.5 Å². The summed E-state index contributed by atoms with van der Waals surface area (Å²) in [6, 6.07) is 0. The Balaban J connectivity index is 2.50. The summed E-state index contributed by atoms with van der Waals surface area (Å²) in [6.07, 6.45) is 7.81. The Morgan fingerprint density at radius 3 is 3.15 bits per heavy atom. The highest BCUT2D eigenvalue weighted by Crippen LogP contribution is 2.08. The molecule has 0 radical (unpaired) electrons. The number of nitrogens with zero attached hydrogens (tertiary/aromatic N) is 2. The summed E-state index contributed by atoms with van der Waals surface area (Å²) in [7, 11) is 0. The molecule has 1 aromatic rings. The summed E-state index contributed by atoms with van der Waals surface area (Å²) in [5.41, 5.74) is 5.31. The Bertz CT molecular complexity index is 374. The van der Waals surface area contributed by atoms with Crippen molar-refractivity contribution in [2.24, 2.45) is 5.73 Å². The predicted octanol–water partition coefficient (Wildman–Crippen LogP) is 0.411. The summed E-state index contributed by atoms with van der Waals surface area (Å²) in [4.78, 5) is 14.8. The zero-order valence-electron chi connectivity index (χ0n) is 6.68. The van der Waals surface area contributed by atoms with Gasteiger partial charge < -0.3 is 15.0 Å². The average Bonchev–Trinajstić information content (AvgIpc) is 2.38. The first-order valence-electron chi connectivity index (χ1n) is 3.65. The number of hydrogen-bond donors (Lipinski definition) is 1. The minimum Gasteiger partial charge on any atom is -0.471 e. The predicted molar refractivity (Wildman–Crippen MR) is 46.2 cm³/mol. The van der Waals surface area contributed by atoms with Crippen molar-refractivity contribution in [2.45, 2.75) is 0 Å². The SMILES string of the molecule is NC(=O)c1cn2c(n1)C=COC=C2. The third kappa shape index (κ3) is 1.31. The zero-order chi connectivity index (χ0) is 9.26. The molecule has 66 valence electrons. The molecule has 0 atom stereocenters. The minimum absolute atomic E-state index is 0.242. The van der Waals surface area contributed by atoms with Crippen molar-refractivity contribution in [3.8, 4) is 0 Å². The number of primary amides is 1. The number of ether oxygens (including phenoxy) is 1. The molecule has 0 saturated heterocycles. The Morgan fingerprint density at radius 1 is 1.54 bits per heavy atom. The van der Waals surface area contributed by atoms with E-state index in [-0.39, 0.29) is 5.69 Å². The molecule has 0 aliphatic carbocycles. The van der Waals surface area contributed by atoms with Gasteiger partial charge in [-0.3, -0.25) is 4.79 Å². The second-order valence-corrected chi connectivity index (χ2v) is 2.48. The summed E-state index contributed by atoms with van der Waals surface area (Å²) in [5, 5.41) is 0. The number of rotatable bonds is 1. The van der Waals surface area contributed by atoms with Crippen LogP contribution in [0.2, 0.25) is 0 Å². The maximum Gasteiger partial charge on any atom is 0.268 e. The maximum absolute atomic E-state index is 10.8. The van der Waals surface area contributed by atoms with E-state index >= 15 is 0 Å². The summed E-state index contributed by atoms with van der Waals surface area (Å²) >= 11 is 0. The molecule has 0 spiro atoms. The van der Waals surface area contributed by atoms with E-state index in [1.54, 1.807) is 23.0 Å². The average molecular weight is 177 g/mol. The highest BCUT2D eigenvalue weighted by atomic mass is 16.5. The fraction of sp³-hybridized carbons (Fsp3) is 0. The van der Waals surface area contributed by atoms with E-state index in [0.29, 0.717) is 5.82 Å². The maximum atomic E-state index is 10.8. The molecule has 0 saturated carbocycles. The van der Waals surface area contributed by atoms with Gasteiger partial charge in [0.1, 0.15) is 17.8 Å². The normalized spacial score (nSPS) is 13.2. The molecular weight excluding hydrogens is 170 g/mol. The van der Waals surface area contributed by atoms with Gasteiger partial charge in [0, 0.05) is 18.5 Å². The van der Waals surface area contributed by atoms with E-state index in [1.807, 2.05) is 0 Å². The largest absolute Gasteiger partial charge is 0.471 e.